The highest BCUT2D eigenvalue weighted by molar-refractivity contribution is 5.76. The molecule has 0 bridgehead atoms. The quantitative estimate of drug-likeness (QED) is 0.836. The Balaban J connectivity index is 2.12. The molecule has 0 unspecified atom stereocenters. The van der Waals surface area contributed by atoms with Crippen LogP contribution in [0, 0.1) is 0 Å². The third-order valence-corrected chi connectivity index (χ3v) is 4.41. The SMILES string of the molecule is CCn1c(C2(N)CCCCCC2)nc2ccccc21. The molecule has 0 radical (unpaired) electrons. The van der Waals surface area contributed by atoms with Crippen LogP contribution in [0.5, 0.6) is 0 Å². The molecule has 0 amide bonds. The van der Waals surface area contributed by atoms with Crippen molar-refractivity contribution in [3.63, 3.8) is 0 Å². The van der Waals surface area contributed by atoms with E-state index >= 15 is 0 Å². The van der Waals surface area contributed by atoms with Crippen LogP contribution < -0.4 is 5.73 Å². The summed E-state index contributed by atoms with van der Waals surface area (Å²) in [6.07, 6.45) is 7.20. The van der Waals surface area contributed by atoms with Crippen LogP contribution in [0.25, 0.3) is 11.0 Å². The van der Waals surface area contributed by atoms with E-state index in [-0.39, 0.29) is 5.54 Å². The summed E-state index contributed by atoms with van der Waals surface area (Å²) >= 11 is 0. The third kappa shape index (κ3) is 2.16. The number of fused-ring (bicyclic) bond motifs is 1. The first kappa shape index (κ1) is 12.7. The van der Waals surface area contributed by atoms with Gasteiger partial charge in [-0.25, -0.2) is 4.98 Å². The summed E-state index contributed by atoms with van der Waals surface area (Å²) in [4.78, 5) is 4.86. The van der Waals surface area contributed by atoms with Gasteiger partial charge in [0.1, 0.15) is 5.82 Å². The Bertz CT molecular complexity index is 562. The second-order valence-electron chi connectivity index (χ2n) is 5.74. The zero-order chi connectivity index (χ0) is 13.3. The molecule has 1 saturated carbocycles. The number of hydrogen-bond acceptors (Lipinski definition) is 2. The van der Waals surface area contributed by atoms with E-state index in [9.17, 15) is 0 Å². The molecule has 0 aliphatic heterocycles. The first-order valence-corrected chi connectivity index (χ1v) is 7.49. The molecule has 1 aromatic carbocycles. The van der Waals surface area contributed by atoms with Crippen LogP contribution in [-0.4, -0.2) is 9.55 Å². The predicted molar refractivity (Wildman–Crippen MR) is 79.0 cm³/mol. The normalized spacial score (nSPS) is 19.5. The Morgan fingerprint density at radius 1 is 1.16 bits per heavy atom. The molecule has 102 valence electrons. The third-order valence-electron chi connectivity index (χ3n) is 4.41. The molecule has 3 rings (SSSR count). The zero-order valence-corrected chi connectivity index (χ0v) is 11.7. The van der Waals surface area contributed by atoms with Gasteiger partial charge >= 0.3 is 0 Å². The van der Waals surface area contributed by atoms with Crippen LogP contribution in [0.1, 0.15) is 51.3 Å². The first-order valence-electron chi connectivity index (χ1n) is 7.49. The molecule has 0 saturated heterocycles. The van der Waals surface area contributed by atoms with Crippen molar-refractivity contribution >= 4 is 11.0 Å². The molecule has 1 fully saturated rings. The standard InChI is InChI=1S/C16H23N3/c1-2-19-14-10-6-5-9-13(14)18-15(19)16(17)11-7-3-4-8-12-16/h5-6,9-10H,2-4,7-8,11-12,17H2,1H3. The molecule has 19 heavy (non-hydrogen) atoms. The van der Waals surface area contributed by atoms with E-state index in [1.165, 1.54) is 31.2 Å². The van der Waals surface area contributed by atoms with Crippen molar-refractivity contribution in [3.05, 3.63) is 30.1 Å². The minimum atomic E-state index is -0.231. The number of para-hydroxylation sites is 2. The van der Waals surface area contributed by atoms with Crippen LogP contribution in [0.15, 0.2) is 24.3 Å². The van der Waals surface area contributed by atoms with Gasteiger partial charge in [0.05, 0.1) is 16.6 Å². The number of imidazole rings is 1. The van der Waals surface area contributed by atoms with E-state index in [0.717, 1.165) is 30.7 Å². The van der Waals surface area contributed by atoms with Crippen molar-refractivity contribution in [1.82, 2.24) is 9.55 Å². The molecule has 1 aromatic heterocycles. The van der Waals surface area contributed by atoms with Gasteiger partial charge in [0.15, 0.2) is 0 Å². The largest absolute Gasteiger partial charge is 0.327 e. The van der Waals surface area contributed by atoms with Gasteiger partial charge in [-0.05, 0) is 31.9 Å². The van der Waals surface area contributed by atoms with Crippen LogP contribution in [0.4, 0.5) is 0 Å². The minimum Gasteiger partial charge on any atom is -0.327 e. The summed E-state index contributed by atoms with van der Waals surface area (Å²) in [5.74, 6) is 1.10. The van der Waals surface area contributed by atoms with Gasteiger partial charge in [0.2, 0.25) is 0 Å². The summed E-state index contributed by atoms with van der Waals surface area (Å²) in [5.41, 5.74) is 8.80. The molecule has 0 spiro atoms. The van der Waals surface area contributed by atoms with Crippen molar-refractivity contribution in [2.75, 3.05) is 0 Å². The summed E-state index contributed by atoms with van der Waals surface area (Å²) in [6, 6.07) is 8.37. The Labute approximate surface area is 114 Å². The van der Waals surface area contributed by atoms with Crippen LogP contribution in [0.2, 0.25) is 0 Å². The Kier molecular flexibility index (Phi) is 3.31. The van der Waals surface area contributed by atoms with E-state index in [4.69, 9.17) is 10.7 Å². The smallest absolute Gasteiger partial charge is 0.130 e. The van der Waals surface area contributed by atoms with Gasteiger partial charge in [0, 0.05) is 6.54 Å². The molecule has 3 heteroatoms. The molecule has 3 nitrogen and oxygen atoms in total. The zero-order valence-electron chi connectivity index (χ0n) is 11.7. The van der Waals surface area contributed by atoms with E-state index in [1.807, 2.05) is 0 Å². The maximum absolute atomic E-state index is 6.74. The van der Waals surface area contributed by atoms with Gasteiger partial charge < -0.3 is 10.3 Å². The van der Waals surface area contributed by atoms with E-state index in [2.05, 4.69) is 35.8 Å². The highest BCUT2D eigenvalue weighted by Gasteiger charge is 2.33. The number of aryl methyl sites for hydroxylation is 1. The summed E-state index contributed by atoms with van der Waals surface area (Å²) in [5, 5.41) is 0. The van der Waals surface area contributed by atoms with Crippen molar-refractivity contribution < 1.29 is 0 Å². The molecule has 2 N–H and O–H groups in total. The van der Waals surface area contributed by atoms with Gasteiger partial charge in [-0.3, -0.25) is 0 Å². The number of nitrogens with two attached hydrogens (primary N) is 1. The predicted octanol–water partition coefficient (Wildman–Crippen LogP) is 3.56. The lowest BCUT2D eigenvalue weighted by Crippen LogP contribution is -2.39. The molecule has 2 aromatic rings. The summed E-state index contributed by atoms with van der Waals surface area (Å²) < 4.78 is 2.31. The van der Waals surface area contributed by atoms with Gasteiger partial charge in [0.25, 0.3) is 0 Å². The van der Waals surface area contributed by atoms with Gasteiger partial charge in [-0.1, -0.05) is 37.8 Å². The average molecular weight is 257 g/mol. The summed E-state index contributed by atoms with van der Waals surface area (Å²) in [7, 11) is 0. The Hall–Kier alpha value is -1.35. The maximum atomic E-state index is 6.74. The fraction of sp³-hybridized carbons (Fsp3) is 0.562. The first-order chi connectivity index (χ1) is 9.24. The lowest BCUT2D eigenvalue weighted by molar-refractivity contribution is 0.350. The van der Waals surface area contributed by atoms with E-state index in [1.54, 1.807) is 0 Å². The number of nitrogens with zero attached hydrogens (tertiary/aromatic N) is 2. The second-order valence-corrected chi connectivity index (χ2v) is 5.74. The Morgan fingerprint density at radius 2 is 1.84 bits per heavy atom. The monoisotopic (exact) mass is 257 g/mol. The fourth-order valence-corrected chi connectivity index (χ4v) is 3.36. The molecule has 1 aliphatic rings. The second kappa shape index (κ2) is 4.97. The van der Waals surface area contributed by atoms with Crippen LogP contribution >= 0.6 is 0 Å². The topological polar surface area (TPSA) is 43.8 Å². The lowest BCUT2D eigenvalue weighted by atomic mass is 9.90. The van der Waals surface area contributed by atoms with Crippen molar-refractivity contribution in [2.24, 2.45) is 5.73 Å². The number of benzene rings is 1. The van der Waals surface area contributed by atoms with E-state index < -0.39 is 0 Å². The molecule has 1 aliphatic carbocycles. The van der Waals surface area contributed by atoms with E-state index in [0.29, 0.717) is 0 Å². The molecule has 0 atom stereocenters. The minimum absolute atomic E-state index is 0.231. The maximum Gasteiger partial charge on any atom is 0.130 e. The fourth-order valence-electron chi connectivity index (χ4n) is 3.36. The number of hydrogen-bond donors (Lipinski definition) is 1. The van der Waals surface area contributed by atoms with Crippen molar-refractivity contribution in [1.29, 1.82) is 0 Å². The van der Waals surface area contributed by atoms with Crippen molar-refractivity contribution in [2.45, 2.75) is 57.5 Å². The van der Waals surface area contributed by atoms with Gasteiger partial charge in [-0.15, -0.1) is 0 Å². The molecular weight excluding hydrogens is 234 g/mol. The summed E-state index contributed by atoms with van der Waals surface area (Å²) in [6.45, 7) is 3.12. The highest BCUT2D eigenvalue weighted by Crippen LogP contribution is 2.34. The Morgan fingerprint density at radius 3 is 2.53 bits per heavy atom. The number of rotatable bonds is 2. The van der Waals surface area contributed by atoms with Crippen LogP contribution in [0.3, 0.4) is 0 Å². The van der Waals surface area contributed by atoms with Crippen LogP contribution in [-0.2, 0) is 12.1 Å². The lowest BCUT2D eigenvalue weighted by Gasteiger charge is -2.28. The molecule has 1 heterocycles. The number of aromatic nitrogens is 2. The van der Waals surface area contributed by atoms with Crippen molar-refractivity contribution in [3.8, 4) is 0 Å². The average Bonchev–Trinajstić information content (AvgIpc) is 2.68. The highest BCUT2D eigenvalue weighted by atomic mass is 15.1. The van der Waals surface area contributed by atoms with Gasteiger partial charge in [-0.2, -0.15) is 0 Å². The molecular formula is C16H23N3.